The fourth-order valence-electron chi connectivity index (χ4n) is 6.14. The summed E-state index contributed by atoms with van der Waals surface area (Å²) in [5.74, 6) is 0.357. The van der Waals surface area contributed by atoms with E-state index in [-0.39, 0.29) is 23.8 Å². The molecule has 7 heteroatoms. The van der Waals surface area contributed by atoms with E-state index < -0.39 is 0 Å². The topological polar surface area (TPSA) is 60.5 Å². The summed E-state index contributed by atoms with van der Waals surface area (Å²) in [6, 6.07) is 20.2. The number of hydrogen-bond donors (Lipinski definition) is 2. The lowest BCUT2D eigenvalue weighted by Crippen LogP contribution is -2.40. The number of carbonyl (C=O) groups excluding carboxylic acids is 1. The molecule has 0 spiro atoms. The Bertz CT molecular complexity index is 1450. The number of nitrogens with one attached hydrogen (secondary N) is 2. The average molecular weight is 522 g/mol. The lowest BCUT2D eigenvalue weighted by atomic mass is 9.78. The highest BCUT2D eigenvalue weighted by Gasteiger charge is 2.39. The molecule has 2 aromatic carbocycles. The molecule has 1 unspecified atom stereocenters. The van der Waals surface area contributed by atoms with Gasteiger partial charge in [-0.3, -0.25) is 14.9 Å². The minimum absolute atomic E-state index is 0.121. The molecule has 3 aromatic rings. The van der Waals surface area contributed by atoms with Crippen LogP contribution in [-0.2, 0) is 0 Å². The van der Waals surface area contributed by atoms with Gasteiger partial charge in [0.15, 0.2) is 0 Å². The van der Waals surface area contributed by atoms with Crippen LogP contribution >= 0.6 is 0 Å². The molecule has 2 amide bonds. The van der Waals surface area contributed by atoms with E-state index >= 15 is 0 Å². The Morgan fingerprint density at radius 1 is 1.13 bits per heavy atom. The van der Waals surface area contributed by atoms with Crippen LogP contribution in [0.15, 0.2) is 114 Å². The van der Waals surface area contributed by atoms with Gasteiger partial charge in [-0.1, -0.05) is 42.8 Å². The van der Waals surface area contributed by atoms with Gasteiger partial charge in [0.1, 0.15) is 5.82 Å². The number of benzene rings is 2. The lowest BCUT2D eigenvalue weighted by molar-refractivity contribution is 0.241. The molecule has 0 saturated heterocycles. The number of hydrogen-bond acceptors (Lipinski definition) is 4. The molecule has 3 atom stereocenters. The molecule has 0 fully saturated rings. The third-order valence-electron chi connectivity index (χ3n) is 8.16. The predicted molar refractivity (Wildman–Crippen MR) is 152 cm³/mol. The molecular formula is C32H32FN5O. The number of rotatable bonds is 6. The molecule has 0 saturated carbocycles. The monoisotopic (exact) mass is 521 g/mol. The molecule has 39 heavy (non-hydrogen) atoms. The van der Waals surface area contributed by atoms with Crippen molar-refractivity contribution in [2.75, 3.05) is 17.0 Å². The second kappa shape index (κ2) is 10.4. The summed E-state index contributed by atoms with van der Waals surface area (Å²) in [6.07, 6.45) is 10.6. The first kappa shape index (κ1) is 24.9. The largest absolute Gasteiger partial charge is 0.331 e. The molecule has 2 N–H and O–H groups in total. The first-order chi connectivity index (χ1) is 19.0. The zero-order valence-electron chi connectivity index (χ0n) is 22.1. The lowest BCUT2D eigenvalue weighted by Gasteiger charge is -2.32. The summed E-state index contributed by atoms with van der Waals surface area (Å²) >= 11 is 0. The van der Waals surface area contributed by atoms with E-state index in [1.807, 2.05) is 35.3 Å². The van der Waals surface area contributed by atoms with E-state index in [9.17, 15) is 9.18 Å². The Morgan fingerprint density at radius 2 is 1.87 bits per heavy atom. The van der Waals surface area contributed by atoms with Gasteiger partial charge >= 0.3 is 6.03 Å². The van der Waals surface area contributed by atoms with Crippen LogP contribution in [0.5, 0.6) is 0 Å². The molecule has 198 valence electrons. The van der Waals surface area contributed by atoms with Crippen molar-refractivity contribution < 1.29 is 9.18 Å². The Kier molecular flexibility index (Phi) is 6.65. The van der Waals surface area contributed by atoms with Crippen molar-refractivity contribution in [2.45, 2.75) is 32.2 Å². The highest BCUT2D eigenvalue weighted by molar-refractivity contribution is 5.91. The van der Waals surface area contributed by atoms with Crippen molar-refractivity contribution in [2.24, 2.45) is 11.8 Å². The number of carbonyl (C=O) groups is 1. The highest BCUT2D eigenvalue weighted by Crippen LogP contribution is 2.49. The summed E-state index contributed by atoms with van der Waals surface area (Å²) < 4.78 is 13.5. The molecule has 6 rings (SSSR count). The molecule has 1 aromatic heterocycles. The third-order valence-corrected chi connectivity index (χ3v) is 8.16. The van der Waals surface area contributed by atoms with E-state index in [0.717, 1.165) is 41.9 Å². The van der Waals surface area contributed by atoms with Gasteiger partial charge in [-0.25, -0.2) is 9.18 Å². The second-order valence-electron chi connectivity index (χ2n) is 10.4. The number of amides is 2. The number of allylic oxidation sites excluding steroid dienone is 4. The van der Waals surface area contributed by atoms with Gasteiger partial charge in [-0.2, -0.15) is 0 Å². The minimum atomic E-state index is -0.243. The van der Waals surface area contributed by atoms with Crippen molar-refractivity contribution in [3.8, 4) is 0 Å². The fraction of sp³-hybridized carbons (Fsp3) is 0.250. The Morgan fingerprint density at radius 3 is 2.62 bits per heavy atom. The van der Waals surface area contributed by atoms with Gasteiger partial charge in [-0.05, 0) is 78.8 Å². The molecular weight excluding hydrogens is 489 g/mol. The highest BCUT2D eigenvalue weighted by atomic mass is 19.1. The number of pyridine rings is 1. The van der Waals surface area contributed by atoms with Gasteiger partial charge in [0, 0.05) is 42.8 Å². The first-order valence-electron chi connectivity index (χ1n) is 13.5. The van der Waals surface area contributed by atoms with Crippen molar-refractivity contribution in [3.05, 3.63) is 125 Å². The number of aromatic nitrogens is 1. The number of fused-ring (bicyclic) bond motifs is 1. The van der Waals surface area contributed by atoms with Gasteiger partial charge < -0.3 is 10.7 Å². The van der Waals surface area contributed by atoms with E-state index in [1.54, 1.807) is 36.5 Å². The smallest absolute Gasteiger partial charge is 0.322 e. The molecule has 6 nitrogen and oxygen atoms in total. The summed E-state index contributed by atoms with van der Waals surface area (Å²) in [5, 5.41) is 5.34. The Balaban J connectivity index is 1.25. The van der Waals surface area contributed by atoms with Crippen LogP contribution in [0.1, 0.15) is 37.8 Å². The van der Waals surface area contributed by atoms with E-state index in [2.05, 4.69) is 47.1 Å². The van der Waals surface area contributed by atoms with Crippen LogP contribution in [0.2, 0.25) is 0 Å². The number of urea groups is 1. The number of hydrazine groups is 1. The number of nitrogens with zero attached hydrogens (tertiary/aromatic N) is 3. The quantitative estimate of drug-likeness (QED) is 0.381. The number of halogens is 1. The summed E-state index contributed by atoms with van der Waals surface area (Å²) in [4.78, 5) is 19.0. The average Bonchev–Trinajstić information content (AvgIpc) is 3.58. The summed E-state index contributed by atoms with van der Waals surface area (Å²) in [5.41, 5.74) is 11.4. The molecule has 0 radical (unpaired) electrons. The SMILES string of the molecule is C[C@H]1C2=CNN(c3ccc(F)cc3)C2=CC2=C1[C@@H](CC(NC(=O)N(C)c1ccncc1)c1ccccc1)CC2. The van der Waals surface area contributed by atoms with Crippen LogP contribution in [0.4, 0.5) is 20.6 Å². The van der Waals surface area contributed by atoms with Crippen molar-refractivity contribution >= 4 is 17.4 Å². The van der Waals surface area contributed by atoms with Gasteiger partial charge in [0.25, 0.3) is 0 Å². The molecule has 2 aliphatic carbocycles. The predicted octanol–water partition coefficient (Wildman–Crippen LogP) is 6.65. The third kappa shape index (κ3) is 4.80. The maximum absolute atomic E-state index is 13.5. The van der Waals surface area contributed by atoms with Gasteiger partial charge in [0.05, 0.1) is 17.4 Å². The second-order valence-corrected chi connectivity index (χ2v) is 10.4. The van der Waals surface area contributed by atoms with Crippen LogP contribution in [0, 0.1) is 17.7 Å². The Hall–Kier alpha value is -4.39. The van der Waals surface area contributed by atoms with Crippen LogP contribution in [0.25, 0.3) is 0 Å². The van der Waals surface area contributed by atoms with E-state index in [0.29, 0.717) is 5.92 Å². The van der Waals surface area contributed by atoms with Crippen LogP contribution < -0.4 is 20.7 Å². The van der Waals surface area contributed by atoms with Crippen molar-refractivity contribution in [1.29, 1.82) is 0 Å². The molecule has 0 bridgehead atoms. The minimum Gasteiger partial charge on any atom is -0.331 e. The normalized spacial score (nSPS) is 20.4. The molecule has 2 heterocycles. The van der Waals surface area contributed by atoms with Gasteiger partial charge in [0.2, 0.25) is 0 Å². The molecule has 3 aliphatic rings. The number of anilines is 2. The van der Waals surface area contributed by atoms with Gasteiger partial charge in [-0.15, -0.1) is 0 Å². The first-order valence-corrected chi connectivity index (χ1v) is 13.5. The van der Waals surface area contributed by atoms with E-state index in [1.165, 1.54) is 28.9 Å². The zero-order chi connectivity index (χ0) is 26.9. The Labute approximate surface area is 228 Å². The standard InChI is InChI=1S/C32H32FN5O/c1-21-28-20-35-38(27-12-10-25(33)11-13-27)30(28)19-24-9-8-23(31(21)24)18-29(22-6-4-3-5-7-22)36-32(39)37(2)26-14-16-34-17-15-26/h3-7,10-17,19-21,23,29,35H,8-9,18H2,1-2H3,(H,36,39)/t21-,23+,29?/m0/s1. The van der Waals surface area contributed by atoms with Crippen molar-refractivity contribution in [3.63, 3.8) is 0 Å². The summed E-state index contributed by atoms with van der Waals surface area (Å²) in [7, 11) is 1.78. The maximum Gasteiger partial charge on any atom is 0.322 e. The zero-order valence-corrected chi connectivity index (χ0v) is 22.1. The van der Waals surface area contributed by atoms with Crippen LogP contribution in [0.3, 0.4) is 0 Å². The fourth-order valence-corrected chi connectivity index (χ4v) is 6.14. The van der Waals surface area contributed by atoms with E-state index in [4.69, 9.17) is 0 Å². The maximum atomic E-state index is 13.5. The summed E-state index contributed by atoms with van der Waals surface area (Å²) in [6.45, 7) is 2.27. The molecule has 1 aliphatic heterocycles. The van der Waals surface area contributed by atoms with Crippen LogP contribution in [-0.4, -0.2) is 18.1 Å². The van der Waals surface area contributed by atoms with Crippen molar-refractivity contribution in [1.82, 2.24) is 15.7 Å².